The molecule has 0 aliphatic heterocycles. The minimum Gasteiger partial charge on any atom is -0.393 e. The highest BCUT2D eigenvalue weighted by Crippen LogP contribution is 2.37. The van der Waals surface area contributed by atoms with Crippen molar-refractivity contribution in [2.45, 2.75) is 76.5 Å². The minimum atomic E-state index is -0.353. The average molecular weight is 482 g/mol. The maximum absolute atomic E-state index is 14.7. The number of carbonyl (C=O) groups excluding carboxylic acids is 1. The Labute approximate surface area is 203 Å². The molecule has 0 radical (unpaired) electrons. The van der Waals surface area contributed by atoms with Gasteiger partial charge in [0.1, 0.15) is 11.3 Å². The predicted molar refractivity (Wildman–Crippen MR) is 132 cm³/mol. The van der Waals surface area contributed by atoms with Gasteiger partial charge in [0.25, 0.3) is 0 Å². The van der Waals surface area contributed by atoms with Crippen molar-refractivity contribution < 1.29 is 14.3 Å². The molecule has 2 aromatic heterocycles. The van der Waals surface area contributed by atoms with Crippen LogP contribution in [0.5, 0.6) is 0 Å². The highest BCUT2D eigenvalue weighted by atomic mass is 19.1. The van der Waals surface area contributed by atoms with Gasteiger partial charge >= 0.3 is 0 Å². The molecule has 186 valence electrons. The first-order valence-electron chi connectivity index (χ1n) is 12.4. The van der Waals surface area contributed by atoms with Crippen molar-refractivity contribution >= 4 is 34.7 Å². The maximum atomic E-state index is 14.7. The molecule has 35 heavy (non-hydrogen) atoms. The fraction of sp³-hybridized carbons (Fsp3) is 0.520. The van der Waals surface area contributed by atoms with Crippen molar-refractivity contribution in [3.05, 3.63) is 35.8 Å². The van der Waals surface area contributed by atoms with E-state index in [2.05, 4.69) is 15.6 Å². The molecule has 0 saturated heterocycles. The summed E-state index contributed by atoms with van der Waals surface area (Å²) in [4.78, 5) is 25.7. The number of nitrogens with zero attached hydrogens (tertiary/aromatic N) is 4. The van der Waals surface area contributed by atoms with Gasteiger partial charge in [-0.3, -0.25) is 9.36 Å². The molecule has 2 heterocycles. The SMILES string of the molecule is Cc1ccc(Nc2nc3cnc(N[C@H]4CC[C@H](O)CC4)nc3n2[C@H]2CC[C@@H](C(N)=O)CC2)c(F)c1. The number of anilines is 3. The second-order valence-electron chi connectivity index (χ2n) is 9.87. The van der Waals surface area contributed by atoms with E-state index in [0.29, 0.717) is 41.6 Å². The van der Waals surface area contributed by atoms with Gasteiger partial charge in [0, 0.05) is 18.0 Å². The lowest BCUT2D eigenvalue weighted by atomic mass is 9.85. The summed E-state index contributed by atoms with van der Waals surface area (Å²) in [6.45, 7) is 1.84. The van der Waals surface area contributed by atoms with Crippen LogP contribution in [0.25, 0.3) is 11.2 Å². The molecular formula is C25H32FN7O2. The van der Waals surface area contributed by atoms with Crippen molar-refractivity contribution in [1.29, 1.82) is 0 Å². The standard InChI is InChI=1S/C25H32FN7O2/c1-14-2-11-20(19(26)12-14)30-25-31-21-13-28-24(29-16-5-9-18(34)10-6-16)32-23(21)33(25)17-7-3-15(4-8-17)22(27)35/h2,11-13,15-18,34H,3-10H2,1H3,(H2,27,35)(H,30,31)(H,28,29,32)/t15-,16-,17+,18-. The summed E-state index contributed by atoms with van der Waals surface area (Å²) in [5.74, 6) is 0.274. The fourth-order valence-corrected chi connectivity index (χ4v) is 5.26. The lowest BCUT2D eigenvalue weighted by Gasteiger charge is -2.29. The summed E-state index contributed by atoms with van der Waals surface area (Å²) in [5, 5.41) is 16.4. The molecule has 2 fully saturated rings. The molecule has 0 atom stereocenters. The van der Waals surface area contributed by atoms with Gasteiger partial charge in [-0.2, -0.15) is 4.98 Å². The summed E-state index contributed by atoms with van der Waals surface area (Å²) >= 11 is 0. The molecule has 0 bridgehead atoms. The molecule has 10 heteroatoms. The van der Waals surface area contributed by atoms with E-state index in [0.717, 1.165) is 44.1 Å². The van der Waals surface area contributed by atoms with Crippen LogP contribution < -0.4 is 16.4 Å². The molecule has 5 N–H and O–H groups in total. The summed E-state index contributed by atoms with van der Waals surface area (Å²) in [5.41, 5.74) is 7.99. The van der Waals surface area contributed by atoms with Crippen molar-refractivity contribution in [1.82, 2.24) is 19.5 Å². The smallest absolute Gasteiger partial charge is 0.224 e. The zero-order valence-corrected chi connectivity index (χ0v) is 19.9. The number of hydrogen-bond donors (Lipinski definition) is 4. The molecular weight excluding hydrogens is 449 g/mol. The number of amides is 1. The van der Waals surface area contributed by atoms with Crippen molar-refractivity contribution in [3.8, 4) is 0 Å². The molecule has 2 aliphatic carbocycles. The molecule has 2 aliphatic rings. The van der Waals surface area contributed by atoms with E-state index in [1.807, 2.05) is 17.6 Å². The van der Waals surface area contributed by atoms with Crippen molar-refractivity contribution in [2.24, 2.45) is 11.7 Å². The van der Waals surface area contributed by atoms with Crippen LogP contribution in [0.4, 0.5) is 22.0 Å². The van der Waals surface area contributed by atoms with Crippen LogP contribution in [0.2, 0.25) is 0 Å². The quantitative estimate of drug-likeness (QED) is 0.419. The van der Waals surface area contributed by atoms with Gasteiger partial charge in [0.2, 0.25) is 17.8 Å². The third-order valence-electron chi connectivity index (χ3n) is 7.30. The Kier molecular flexibility index (Phi) is 6.55. The molecule has 0 unspecified atom stereocenters. The Morgan fingerprint density at radius 2 is 1.86 bits per heavy atom. The molecule has 1 amide bonds. The Balaban J connectivity index is 1.48. The van der Waals surface area contributed by atoms with Crippen LogP contribution in [0.1, 0.15) is 63.0 Å². The lowest BCUT2D eigenvalue weighted by molar-refractivity contribution is -0.122. The number of nitrogens with two attached hydrogens (primary N) is 1. The third-order valence-corrected chi connectivity index (χ3v) is 7.30. The van der Waals surface area contributed by atoms with Crippen LogP contribution in [0.15, 0.2) is 24.4 Å². The number of benzene rings is 1. The largest absolute Gasteiger partial charge is 0.393 e. The van der Waals surface area contributed by atoms with E-state index in [9.17, 15) is 14.3 Å². The first kappa shape index (κ1) is 23.5. The van der Waals surface area contributed by atoms with Gasteiger partial charge in [-0.05, 0) is 76.0 Å². The van der Waals surface area contributed by atoms with Crippen molar-refractivity contribution in [2.75, 3.05) is 10.6 Å². The summed E-state index contributed by atoms with van der Waals surface area (Å²) in [6, 6.07) is 5.28. The number of fused-ring (bicyclic) bond motifs is 1. The summed E-state index contributed by atoms with van der Waals surface area (Å²) < 4.78 is 16.7. The van der Waals surface area contributed by atoms with Crippen LogP contribution >= 0.6 is 0 Å². The molecule has 3 aromatic rings. The fourth-order valence-electron chi connectivity index (χ4n) is 5.26. The second kappa shape index (κ2) is 9.77. The topological polar surface area (TPSA) is 131 Å². The normalized spacial score (nSPS) is 24.9. The molecule has 5 rings (SSSR count). The molecule has 2 saturated carbocycles. The van der Waals surface area contributed by atoms with Gasteiger partial charge < -0.3 is 21.5 Å². The van der Waals surface area contributed by atoms with Gasteiger partial charge in [-0.1, -0.05) is 6.07 Å². The van der Waals surface area contributed by atoms with Crippen LogP contribution in [-0.4, -0.2) is 42.7 Å². The number of aliphatic hydroxyl groups excluding tert-OH is 1. The van der Waals surface area contributed by atoms with Gasteiger partial charge in [-0.25, -0.2) is 14.4 Å². The number of nitrogens with one attached hydrogen (secondary N) is 2. The Hall–Kier alpha value is -3.27. The highest BCUT2D eigenvalue weighted by Gasteiger charge is 2.29. The number of carbonyl (C=O) groups is 1. The van der Waals surface area contributed by atoms with Gasteiger partial charge in [0.15, 0.2) is 5.65 Å². The minimum absolute atomic E-state index is 0.0409. The third kappa shape index (κ3) is 5.07. The predicted octanol–water partition coefficient (Wildman–Crippen LogP) is 3.95. The van der Waals surface area contributed by atoms with E-state index in [-0.39, 0.29) is 35.8 Å². The number of hydrogen-bond acceptors (Lipinski definition) is 7. The molecule has 1 aromatic carbocycles. The Bertz CT molecular complexity index is 1210. The monoisotopic (exact) mass is 481 g/mol. The second-order valence-corrected chi connectivity index (χ2v) is 9.87. The number of imidazole rings is 1. The number of aliphatic hydroxyl groups is 1. The van der Waals surface area contributed by atoms with E-state index in [4.69, 9.17) is 15.7 Å². The van der Waals surface area contributed by atoms with Crippen molar-refractivity contribution in [3.63, 3.8) is 0 Å². The van der Waals surface area contributed by atoms with Crippen LogP contribution in [0.3, 0.4) is 0 Å². The van der Waals surface area contributed by atoms with Gasteiger partial charge in [-0.15, -0.1) is 0 Å². The van der Waals surface area contributed by atoms with E-state index in [1.165, 1.54) is 6.07 Å². The number of rotatable bonds is 6. The Morgan fingerprint density at radius 3 is 2.54 bits per heavy atom. The van der Waals surface area contributed by atoms with E-state index >= 15 is 0 Å². The van der Waals surface area contributed by atoms with Crippen LogP contribution in [-0.2, 0) is 4.79 Å². The number of halogens is 1. The Morgan fingerprint density at radius 1 is 1.11 bits per heavy atom. The first-order valence-corrected chi connectivity index (χ1v) is 12.4. The molecule has 9 nitrogen and oxygen atoms in total. The van der Waals surface area contributed by atoms with Crippen LogP contribution in [0, 0.1) is 18.7 Å². The van der Waals surface area contributed by atoms with E-state index in [1.54, 1.807) is 12.3 Å². The lowest BCUT2D eigenvalue weighted by Crippen LogP contribution is -2.29. The maximum Gasteiger partial charge on any atom is 0.224 e. The highest BCUT2D eigenvalue weighted by molar-refractivity contribution is 5.78. The zero-order valence-electron chi connectivity index (χ0n) is 19.9. The summed E-state index contributed by atoms with van der Waals surface area (Å²) in [6.07, 6.45) is 7.58. The first-order chi connectivity index (χ1) is 16.9. The van der Waals surface area contributed by atoms with E-state index < -0.39 is 0 Å². The summed E-state index contributed by atoms with van der Waals surface area (Å²) in [7, 11) is 0. The number of aryl methyl sites for hydroxylation is 1. The molecule has 0 spiro atoms. The zero-order chi connectivity index (χ0) is 24.5. The number of aromatic nitrogens is 4. The number of primary amides is 1. The average Bonchev–Trinajstić information content (AvgIpc) is 3.19. The van der Waals surface area contributed by atoms with Gasteiger partial charge in [0.05, 0.1) is 18.0 Å².